The van der Waals surface area contributed by atoms with Crippen molar-refractivity contribution in [3.05, 3.63) is 0 Å². The highest BCUT2D eigenvalue weighted by molar-refractivity contribution is 7.46. The highest BCUT2D eigenvalue weighted by Gasteiger charge is 2.26. The molecule has 0 saturated heterocycles. The van der Waals surface area contributed by atoms with Gasteiger partial charge in [-0.15, -0.1) is 0 Å². The van der Waals surface area contributed by atoms with E-state index >= 15 is 0 Å². The van der Waals surface area contributed by atoms with Crippen LogP contribution in [-0.4, -0.2) is 44.9 Å². The summed E-state index contributed by atoms with van der Waals surface area (Å²) in [6.07, 6.45) is 12.8. The zero-order valence-corrected chi connectivity index (χ0v) is 17.2. The first-order valence-electron chi connectivity index (χ1n) is 10.1. The number of aliphatic hydroxyl groups is 2. The summed E-state index contributed by atoms with van der Waals surface area (Å²) >= 11 is 0. The third-order valence-corrected chi connectivity index (χ3v) is 5.11. The zero-order chi connectivity index (χ0) is 19.8. The average Bonchev–Trinajstić information content (AvgIpc) is 2.59. The molecule has 0 radical (unpaired) electrons. The monoisotopic (exact) mass is 397 g/mol. The molecule has 0 heterocycles. The number of rotatable bonds is 18. The Morgan fingerprint density at radius 3 is 1.69 bits per heavy atom. The quantitative estimate of drug-likeness (QED) is 0.177. The molecule has 6 N–H and O–H groups in total. The predicted octanol–water partition coefficient (Wildman–Crippen LogP) is 3.24. The van der Waals surface area contributed by atoms with Gasteiger partial charge in [0.15, 0.2) is 0 Å². The fourth-order valence-electron chi connectivity index (χ4n) is 2.93. The van der Waals surface area contributed by atoms with Crippen LogP contribution in [0.1, 0.15) is 90.4 Å². The van der Waals surface area contributed by atoms with E-state index in [-0.39, 0.29) is 0 Å². The Bertz CT molecular complexity index is 366. The van der Waals surface area contributed by atoms with Crippen LogP contribution in [0.4, 0.5) is 0 Å². The Hall–Kier alpha value is -0.0100. The van der Waals surface area contributed by atoms with Gasteiger partial charge >= 0.3 is 7.82 Å². The lowest BCUT2D eigenvalue weighted by atomic mass is 10.00. The van der Waals surface area contributed by atoms with E-state index in [0.29, 0.717) is 6.42 Å². The van der Waals surface area contributed by atoms with Crippen LogP contribution in [0.3, 0.4) is 0 Å². The molecule has 0 aliphatic carbocycles. The van der Waals surface area contributed by atoms with Crippen LogP contribution in [0.25, 0.3) is 0 Å². The van der Waals surface area contributed by atoms with Gasteiger partial charge in [-0.05, 0) is 6.42 Å². The molecule has 8 heteroatoms. The molecule has 158 valence electrons. The second kappa shape index (κ2) is 16.0. The van der Waals surface area contributed by atoms with E-state index in [1.54, 1.807) is 0 Å². The van der Waals surface area contributed by atoms with Crippen LogP contribution in [0.2, 0.25) is 0 Å². The van der Waals surface area contributed by atoms with Crippen molar-refractivity contribution in [3.63, 3.8) is 0 Å². The fraction of sp³-hybridized carbons (Fsp3) is 1.00. The van der Waals surface area contributed by atoms with Crippen molar-refractivity contribution in [2.75, 3.05) is 6.61 Å². The maximum atomic E-state index is 10.6. The Morgan fingerprint density at radius 1 is 0.846 bits per heavy atom. The number of nitrogens with two attached hydrogens (primary N) is 1. The second-order valence-corrected chi connectivity index (χ2v) is 8.43. The van der Waals surface area contributed by atoms with Crippen LogP contribution in [0, 0.1) is 0 Å². The summed E-state index contributed by atoms with van der Waals surface area (Å²) in [6.45, 7) is 1.73. The minimum atomic E-state index is -4.61. The molecular formula is C18H40NO6P. The lowest BCUT2D eigenvalue weighted by molar-refractivity contribution is -0.0121. The molecule has 0 amide bonds. The lowest BCUT2D eigenvalue weighted by Crippen LogP contribution is -2.45. The molecule has 0 unspecified atom stereocenters. The summed E-state index contributed by atoms with van der Waals surface area (Å²) in [5.74, 6) is 0. The molecule has 0 aliphatic rings. The van der Waals surface area contributed by atoms with Crippen molar-refractivity contribution in [2.45, 2.75) is 109 Å². The van der Waals surface area contributed by atoms with Crippen LogP contribution >= 0.6 is 7.82 Å². The number of aliphatic hydroxyl groups excluding tert-OH is 2. The number of phosphoric ester groups is 1. The van der Waals surface area contributed by atoms with Gasteiger partial charge in [0, 0.05) is 0 Å². The molecule has 0 bridgehead atoms. The Kier molecular flexibility index (Phi) is 16.0. The van der Waals surface area contributed by atoms with Crippen molar-refractivity contribution < 1.29 is 29.1 Å². The highest BCUT2D eigenvalue weighted by atomic mass is 31.2. The van der Waals surface area contributed by atoms with Crippen molar-refractivity contribution >= 4 is 7.82 Å². The van der Waals surface area contributed by atoms with Gasteiger partial charge in [0.05, 0.1) is 24.9 Å². The SMILES string of the molecule is CCCCCCCCCCCCCC[C@@H](O)[C@@H](O)[C@@H](N)COP(=O)(O)O. The van der Waals surface area contributed by atoms with Crippen molar-refractivity contribution in [2.24, 2.45) is 5.73 Å². The Morgan fingerprint density at radius 2 is 1.27 bits per heavy atom. The van der Waals surface area contributed by atoms with E-state index in [0.717, 1.165) is 19.3 Å². The van der Waals surface area contributed by atoms with Crippen LogP contribution < -0.4 is 5.73 Å². The first-order valence-corrected chi connectivity index (χ1v) is 11.6. The number of hydrogen-bond acceptors (Lipinski definition) is 5. The van der Waals surface area contributed by atoms with Gasteiger partial charge in [0.1, 0.15) is 0 Å². The third-order valence-electron chi connectivity index (χ3n) is 4.62. The third kappa shape index (κ3) is 16.2. The summed E-state index contributed by atoms with van der Waals surface area (Å²) < 4.78 is 14.8. The standard InChI is InChI=1S/C18H40NO6P/c1-2-3-4-5-6-7-8-9-10-11-12-13-14-17(20)18(21)16(19)15-25-26(22,23)24/h16-18,20-21H,2-15,19H2,1H3,(H2,22,23,24)/t16-,17+,18-/m0/s1. The molecule has 7 nitrogen and oxygen atoms in total. The molecule has 0 aromatic carbocycles. The van der Waals surface area contributed by atoms with Crippen LogP contribution in [0.5, 0.6) is 0 Å². The van der Waals surface area contributed by atoms with Gasteiger partial charge in [-0.25, -0.2) is 4.57 Å². The zero-order valence-electron chi connectivity index (χ0n) is 16.3. The fourth-order valence-corrected chi connectivity index (χ4v) is 3.30. The molecule has 0 spiro atoms. The van der Waals surface area contributed by atoms with Crippen LogP contribution in [-0.2, 0) is 9.09 Å². The van der Waals surface area contributed by atoms with Crippen molar-refractivity contribution in [1.82, 2.24) is 0 Å². The van der Waals surface area contributed by atoms with Gasteiger partial charge in [-0.3, -0.25) is 4.52 Å². The average molecular weight is 397 g/mol. The number of phosphoric acid groups is 1. The van der Waals surface area contributed by atoms with E-state index in [9.17, 15) is 14.8 Å². The Balaban J connectivity index is 3.52. The van der Waals surface area contributed by atoms with Gasteiger partial charge in [-0.1, -0.05) is 84.0 Å². The molecule has 0 saturated carbocycles. The largest absolute Gasteiger partial charge is 0.469 e. The van der Waals surface area contributed by atoms with Crippen LogP contribution in [0.15, 0.2) is 0 Å². The van der Waals surface area contributed by atoms with Gasteiger partial charge in [0.2, 0.25) is 0 Å². The van der Waals surface area contributed by atoms with Crippen molar-refractivity contribution in [3.8, 4) is 0 Å². The van der Waals surface area contributed by atoms with Gasteiger partial charge in [0.25, 0.3) is 0 Å². The minimum absolute atomic E-state index is 0.419. The maximum Gasteiger partial charge on any atom is 0.469 e. The summed E-state index contributed by atoms with van der Waals surface area (Å²) in [6, 6.07) is -1.03. The van der Waals surface area contributed by atoms with Gasteiger partial charge < -0.3 is 25.7 Å². The second-order valence-electron chi connectivity index (χ2n) is 7.19. The first kappa shape index (κ1) is 26.0. The van der Waals surface area contributed by atoms with E-state index < -0.39 is 32.7 Å². The summed E-state index contributed by atoms with van der Waals surface area (Å²) in [7, 11) is -4.61. The lowest BCUT2D eigenvalue weighted by Gasteiger charge is -2.23. The smallest absolute Gasteiger partial charge is 0.390 e. The number of hydrogen-bond donors (Lipinski definition) is 5. The topological polar surface area (TPSA) is 133 Å². The molecule has 0 rings (SSSR count). The van der Waals surface area contributed by atoms with E-state index in [1.807, 2.05) is 0 Å². The summed E-state index contributed by atoms with van der Waals surface area (Å²) in [5.41, 5.74) is 5.58. The van der Waals surface area contributed by atoms with E-state index in [2.05, 4.69) is 11.4 Å². The summed E-state index contributed by atoms with van der Waals surface area (Å²) in [5, 5.41) is 19.8. The molecule has 0 aromatic heterocycles. The first-order chi connectivity index (χ1) is 12.3. The molecular weight excluding hydrogens is 357 g/mol. The molecule has 0 aliphatic heterocycles. The maximum absolute atomic E-state index is 10.6. The number of unbranched alkanes of at least 4 members (excludes halogenated alkanes) is 11. The molecule has 0 aromatic rings. The van der Waals surface area contributed by atoms with Gasteiger partial charge in [-0.2, -0.15) is 0 Å². The van der Waals surface area contributed by atoms with E-state index in [4.69, 9.17) is 15.5 Å². The molecule has 26 heavy (non-hydrogen) atoms. The van der Waals surface area contributed by atoms with E-state index in [1.165, 1.54) is 57.8 Å². The van der Waals surface area contributed by atoms with Crippen molar-refractivity contribution in [1.29, 1.82) is 0 Å². The normalized spacial score (nSPS) is 15.8. The Labute approximate surface area is 158 Å². The highest BCUT2D eigenvalue weighted by Crippen LogP contribution is 2.35. The summed E-state index contributed by atoms with van der Waals surface area (Å²) in [4.78, 5) is 17.2. The predicted molar refractivity (Wildman–Crippen MR) is 104 cm³/mol. The molecule has 3 atom stereocenters. The molecule has 0 fully saturated rings. The minimum Gasteiger partial charge on any atom is -0.390 e.